The van der Waals surface area contributed by atoms with Gasteiger partial charge in [-0.05, 0) is 18.2 Å². The first-order valence-corrected chi connectivity index (χ1v) is 10.2. The number of hydrogen-bond acceptors (Lipinski definition) is 9. The van der Waals surface area contributed by atoms with Gasteiger partial charge in [0.15, 0.2) is 12.4 Å². The zero-order valence-corrected chi connectivity index (χ0v) is 17.2. The second-order valence-corrected chi connectivity index (χ2v) is 7.68. The summed E-state index contributed by atoms with van der Waals surface area (Å²) >= 11 is 1.09. The van der Waals surface area contributed by atoms with Gasteiger partial charge in [0.05, 0.1) is 16.1 Å². The first-order chi connectivity index (χ1) is 15.4. The Morgan fingerprint density at radius 1 is 1.06 bits per heavy atom. The van der Waals surface area contributed by atoms with Gasteiger partial charge in [-0.2, -0.15) is 0 Å². The number of benzene rings is 2. The summed E-state index contributed by atoms with van der Waals surface area (Å²) in [7, 11) is 0. The van der Waals surface area contributed by atoms with Crippen molar-refractivity contribution in [3.8, 4) is 5.75 Å². The number of ether oxygens (including phenoxy) is 1. The largest absolute Gasteiger partial charge is 0.477 e. The van der Waals surface area contributed by atoms with E-state index in [2.05, 4.69) is 15.5 Å². The summed E-state index contributed by atoms with van der Waals surface area (Å²) in [6.45, 7) is -0.315. The number of anilines is 1. The summed E-state index contributed by atoms with van der Waals surface area (Å²) in [4.78, 5) is 48.4. The van der Waals surface area contributed by atoms with E-state index in [0.717, 1.165) is 16.2 Å². The number of nitro groups is 1. The fourth-order valence-corrected chi connectivity index (χ4v) is 3.83. The minimum absolute atomic E-state index is 0.0217. The molecule has 4 rings (SSSR count). The molecule has 0 radical (unpaired) electrons. The van der Waals surface area contributed by atoms with Crippen molar-refractivity contribution in [1.29, 1.82) is 0 Å². The lowest BCUT2D eigenvalue weighted by molar-refractivity contribution is -0.385. The normalized spacial score (nSPS) is 12.6. The number of fused-ring (bicyclic) bond motifs is 1. The maximum Gasteiger partial charge on any atom is 0.310 e. The van der Waals surface area contributed by atoms with E-state index in [0.29, 0.717) is 16.1 Å². The number of carbonyl (C=O) groups excluding carboxylic acids is 3. The first-order valence-electron chi connectivity index (χ1n) is 9.37. The molecule has 0 atom stereocenters. The molecule has 0 saturated carbocycles. The summed E-state index contributed by atoms with van der Waals surface area (Å²) in [5, 5.41) is 22.0. The van der Waals surface area contributed by atoms with Crippen LogP contribution in [0.4, 0.5) is 10.8 Å². The minimum atomic E-state index is -0.599. The van der Waals surface area contributed by atoms with Gasteiger partial charge in [-0.1, -0.05) is 35.6 Å². The van der Waals surface area contributed by atoms with Crippen LogP contribution in [0.5, 0.6) is 5.75 Å². The van der Waals surface area contributed by atoms with E-state index in [1.807, 2.05) is 0 Å². The average Bonchev–Trinajstić information content (AvgIpc) is 3.33. The fraction of sp³-hybridized carbons (Fsp3) is 0.150. The molecular formula is C20H15N5O6S. The quantitative estimate of drug-likeness (QED) is 0.311. The van der Waals surface area contributed by atoms with E-state index in [9.17, 15) is 24.5 Å². The number of amides is 3. The van der Waals surface area contributed by atoms with Crippen molar-refractivity contribution in [2.75, 3.05) is 18.5 Å². The predicted molar refractivity (Wildman–Crippen MR) is 113 cm³/mol. The van der Waals surface area contributed by atoms with E-state index in [1.165, 1.54) is 18.2 Å². The van der Waals surface area contributed by atoms with Gasteiger partial charge in [-0.3, -0.25) is 34.7 Å². The van der Waals surface area contributed by atoms with Crippen LogP contribution in [0.2, 0.25) is 0 Å². The number of rotatable bonds is 8. The van der Waals surface area contributed by atoms with Gasteiger partial charge in [0.2, 0.25) is 5.13 Å². The zero-order chi connectivity index (χ0) is 22.7. The van der Waals surface area contributed by atoms with Gasteiger partial charge >= 0.3 is 5.69 Å². The summed E-state index contributed by atoms with van der Waals surface area (Å²) < 4.78 is 5.23. The summed E-state index contributed by atoms with van der Waals surface area (Å²) in [6.07, 6.45) is 0.283. The summed E-state index contributed by atoms with van der Waals surface area (Å²) in [6, 6.07) is 12.4. The monoisotopic (exact) mass is 453 g/mol. The molecule has 3 aromatic rings. The van der Waals surface area contributed by atoms with Crippen molar-refractivity contribution in [1.82, 2.24) is 15.1 Å². The highest BCUT2D eigenvalue weighted by molar-refractivity contribution is 7.15. The van der Waals surface area contributed by atoms with Crippen LogP contribution >= 0.6 is 11.3 Å². The van der Waals surface area contributed by atoms with Crippen LogP contribution in [0.15, 0.2) is 48.5 Å². The molecule has 11 nitrogen and oxygen atoms in total. The fourth-order valence-electron chi connectivity index (χ4n) is 3.08. The lowest BCUT2D eigenvalue weighted by atomic mass is 10.1. The topological polar surface area (TPSA) is 145 Å². The maximum absolute atomic E-state index is 12.4. The highest BCUT2D eigenvalue weighted by Gasteiger charge is 2.34. The van der Waals surface area contributed by atoms with E-state index < -0.39 is 17.4 Å². The number of carbonyl (C=O) groups is 3. The molecule has 1 aromatic heterocycles. The third-order valence-corrected chi connectivity index (χ3v) is 5.46. The molecule has 0 fully saturated rings. The number of imide groups is 1. The van der Waals surface area contributed by atoms with Crippen LogP contribution in [0, 0.1) is 10.1 Å². The first kappa shape index (κ1) is 21.1. The summed E-state index contributed by atoms with van der Waals surface area (Å²) in [5.41, 5.74) is 0.509. The van der Waals surface area contributed by atoms with Crippen LogP contribution in [-0.2, 0) is 11.2 Å². The molecule has 2 aromatic carbocycles. The molecule has 1 N–H and O–H groups in total. The van der Waals surface area contributed by atoms with Crippen LogP contribution in [-0.4, -0.2) is 50.9 Å². The van der Waals surface area contributed by atoms with Crippen LogP contribution in [0.1, 0.15) is 25.7 Å². The van der Waals surface area contributed by atoms with Gasteiger partial charge in [0.25, 0.3) is 17.7 Å². The Labute approximate surface area is 184 Å². The third-order valence-electron chi connectivity index (χ3n) is 4.56. The Morgan fingerprint density at radius 2 is 1.72 bits per heavy atom. The van der Waals surface area contributed by atoms with Crippen molar-refractivity contribution in [2.45, 2.75) is 6.42 Å². The van der Waals surface area contributed by atoms with Gasteiger partial charge in [0.1, 0.15) is 5.01 Å². The minimum Gasteiger partial charge on any atom is -0.477 e. The number of aromatic nitrogens is 2. The lowest BCUT2D eigenvalue weighted by Crippen LogP contribution is -2.31. The molecule has 0 unspecified atom stereocenters. The molecule has 1 aliphatic heterocycles. The Bertz CT molecular complexity index is 1190. The van der Waals surface area contributed by atoms with E-state index in [1.54, 1.807) is 30.3 Å². The van der Waals surface area contributed by atoms with Crippen molar-refractivity contribution >= 4 is 39.9 Å². The molecule has 3 amide bonds. The number of para-hydroxylation sites is 2. The Hall–Kier alpha value is -4.19. The number of hydrogen-bond donors (Lipinski definition) is 1. The molecule has 1 aliphatic rings. The Morgan fingerprint density at radius 3 is 2.41 bits per heavy atom. The predicted octanol–water partition coefficient (Wildman–Crippen LogP) is 2.30. The second-order valence-electron chi connectivity index (χ2n) is 6.62. The number of nitro benzene ring substituents is 1. The summed E-state index contributed by atoms with van der Waals surface area (Å²) in [5.74, 6) is -1.29. The zero-order valence-electron chi connectivity index (χ0n) is 16.4. The van der Waals surface area contributed by atoms with Gasteiger partial charge in [-0.15, -0.1) is 10.2 Å². The SMILES string of the molecule is O=C(COc1ccccc1[N+](=O)[O-])Nc1nnc(CCN2C(=O)c3ccccc3C2=O)s1. The van der Waals surface area contributed by atoms with E-state index in [4.69, 9.17) is 4.74 Å². The molecule has 2 heterocycles. The molecular weight excluding hydrogens is 438 g/mol. The van der Waals surface area contributed by atoms with Crippen LogP contribution in [0.3, 0.4) is 0 Å². The van der Waals surface area contributed by atoms with Crippen molar-refractivity contribution in [3.63, 3.8) is 0 Å². The molecule has 0 aliphatic carbocycles. The lowest BCUT2D eigenvalue weighted by Gasteiger charge is -2.12. The molecule has 162 valence electrons. The van der Waals surface area contributed by atoms with Gasteiger partial charge in [0, 0.05) is 19.0 Å². The number of nitrogens with zero attached hydrogens (tertiary/aromatic N) is 4. The van der Waals surface area contributed by atoms with Crippen molar-refractivity contribution in [3.05, 3.63) is 74.8 Å². The second kappa shape index (κ2) is 8.89. The van der Waals surface area contributed by atoms with Crippen LogP contribution in [0.25, 0.3) is 0 Å². The molecule has 12 heteroatoms. The Kier molecular flexibility index (Phi) is 5.85. The molecule has 32 heavy (non-hydrogen) atoms. The smallest absolute Gasteiger partial charge is 0.310 e. The van der Waals surface area contributed by atoms with Gasteiger partial charge < -0.3 is 4.74 Å². The number of nitrogens with one attached hydrogen (secondary N) is 1. The average molecular weight is 453 g/mol. The van der Waals surface area contributed by atoms with Gasteiger partial charge in [-0.25, -0.2) is 0 Å². The maximum atomic E-state index is 12.4. The van der Waals surface area contributed by atoms with E-state index in [-0.39, 0.29) is 41.3 Å². The Balaban J connectivity index is 1.30. The molecule has 0 bridgehead atoms. The molecule has 0 spiro atoms. The van der Waals surface area contributed by atoms with Crippen molar-refractivity contribution < 1.29 is 24.0 Å². The highest BCUT2D eigenvalue weighted by Crippen LogP contribution is 2.26. The molecule has 0 saturated heterocycles. The van der Waals surface area contributed by atoms with Crippen molar-refractivity contribution in [2.24, 2.45) is 0 Å². The van der Waals surface area contributed by atoms with Crippen LogP contribution < -0.4 is 10.1 Å². The van der Waals surface area contributed by atoms with E-state index >= 15 is 0 Å². The highest BCUT2D eigenvalue weighted by atomic mass is 32.1. The standard InChI is InChI=1S/C20H15N5O6S/c26-16(11-31-15-8-4-3-7-14(15)25(29)30)21-20-23-22-17(32-20)9-10-24-18(27)12-5-1-2-6-13(12)19(24)28/h1-8H,9-11H2,(H,21,23,26). The third kappa shape index (κ3) is 4.30.